The van der Waals surface area contributed by atoms with E-state index in [2.05, 4.69) is 20.9 Å². The molecule has 0 fully saturated rings. The van der Waals surface area contributed by atoms with Crippen molar-refractivity contribution in [2.75, 3.05) is 13.2 Å². The molecule has 2 N–H and O–H groups in total. The topological polar surface area (TPSA) is 62.6 Å². The summed E-state index contributed by atoms with van der Waals surface area (Å²) in [5.41, 5.74) is 0. The fourth-order valence-corrected chi connectivity index (χ4v) is 0.970. The molecule has 0 aliphatic rings. The molecule has 0 spiro atoms. The third-order valence-electron chi connectivity index (χ3n) is 1.39. The quantitative estimate of drug-likeness (QED) is 0.817. The van der Waals surface area contributed by atoms with Crippen LogP contribution in [0.5, 0.6) is 5.88 Å². The minimum atomic E-state index is -0.603. The first-order valence-corrected chi connectivity index (χ1v) is 4.55. The molecular weight excluding hydrogens is 238 g/mol. The number of hydrogen-bond acceptors (Lipinski definition) is 4. The van der Waals surface area contributed by atoms with Gasteiger partial charge in [-0.15, -0.1) is 0 Å². The molecule has 1 aromatic heterocycles. The molecule has 72 valence electrons. The van der Waals surface area contributed by atoms with E-state index in [1.165, 1.54) is 0 Å². The highest BCUT2D eigenvalue weighted by Gasteiger charge is 2.07. The van der Waals surface area contributed by atoms with Crippen LogP contribution in [0, 0.1) is 0 Å². The molecule has 1 aromatic rings. The Labute approximate surface area is 84.3 Å². The van der Waals surface area contributed by atoms with Gasteiger partial charge in [-0.2, -0.15) is 0 Å². The van der Waals surface area contributed by atoms with Crippen molar-refractivity contribution in [1.29, 1.82) is 0 Å². The van der Waals surface area contributed by atoms with Crippen molar-refractivity contribution >= 4 is 15.9 Å². The van der Waals surface area contributed by atoms with Crippen LogP contribution < -0.4 is 4.74 Å². The zero-order valence-corrected chi connectivity index (χ0v) is 8.44. The first-order valence-electron chi connectivity index (χ1n) is 3.76. The molecule has 0 saturated carbocycles. The Bertz CT molecular complexity index is 248. The summed E-state index contributed by atoms with van der Waals surface area (Å²) in [7, 11) is 0. The van der Waals surface area contributed by atoms with Gasteiger partial charge in [0.1, 0.15) is 6.10 Å². The van der Waals surface area contributed by atoms with Crippen LogP contribution in [0.4, 0.5) is 0 Å². The number of rotatable bonds is 4. The maximum atomic E-state index is 8.72. The van der Waals surface area contributed by atoms with Gasteiger partial charge in [0, 0.05) is 16.7 Å². The summed E-state index contributed by atoms with van der Waals surface area (Å²) in [6, 6.07) is 3.43. The molecule has 0 saturated heterocycles. The molecule has 0 bridgehead atoms. The third-order valence-corrected chi connectivity index (χ3v) is 1.86. The number of hydrogen-bond donors (Lipinski definition) is 2. The standard InChI is InChI=1S/C8H10BrNO3/c9-6-1-2-8(10-3-6)13-7(4-11)5-12/h1-3,7,11-12H,4-5H2. The minimum absolute atomic E-state index is 0.228. The summed E-state index contributed by atoms with van der Waals surface area (Å²) >= 11 is 3.23. The van der Waals surface area contributed by atoms with Gasteiger partial charge in [-0.05, 0) is 22.0 Å². The lowest BCUT2D eigenvalue weighted by atomic mass is 10.4. The Balaban J connectivity index is 2.58. The Hall–Kier alpha value is -0.650. The Morgan fingerprint density at radius 1 is 1.38 bits per heavy atom. The van der Waals surface area contributed by atoms with Crippen molar-refractivity contribution in [3.05, 3.63) is 22.8 Å². The zero-order chi connectivity index (χ0) is 9.68. The number of nitrogens with zero attached hydrogens (tertiary/aromatic N) is 1. The van der Waals surface area contributed by atoms with Gasteiger partial charge in [0.15, 0.2) is 0 Å². The molecule has 0 amide bonds. The molecule has 1 rings (SSSR count). The van der Waals surface area contributed by atoms with Crippen LogP contribution in [0.15, 0.2) is 22.8 Å². The summed E-state index contributed by atoms with van der Waals surface area (Å²) in [4.78, 5) is 3.92. The highest BCUT2D eigenvalue weighted by atomic mass is 79.9. The first-order chi connectivity index (χ1) is 6.26. The molecule has 1 heterocycles. The van der Waals surface area contributed by atoms with Gasteiger partial charge in [-0.25, -0.2) is 4.98 Å². The predicted octanol–water partition coefficient (Wildman–Crippen LogP) is 0.576. The summed E-state index contributed by atoms with van der Waals surface area (Å²) in [5, 5.41) is 17.4. The summed E-state index contributed by atoms with van der Waals surface area (Å²) in [5.74, 6) is 0.385. The maximum Gasteiger partial charge on any atom is 0.213 e. The Kier molecular flexibility index (Phi) is 4.14. The molecule has 0 unspecified atom stereocenters. The van der Waals surface area contributed by atoms with Crippen molar-refractivity contribution in [1.82, 2.24) is 4.98 Å². The van der Waals surface area contributed by atoms with Crippen molar-refractivity contribution < 1.29 is 14.9 Å². The number of aromatic nitrogens is 1. The first kappa shape index (κ1) is 10.4. The van der Waals surface area contributed by atoms with E-state index in [1.54, 1.807) is 18.3 Å². The number of ether oxygens (including phenoxy) is 1. The van der Waals surface area contributed by atoms with E-state index in [4.69, 9.17) is 14.9 Å². The van der Waals surface area contributed by atoms with Crippen molar-refractivity contribution in [3.63, 3.8) is 0 Å². The van der Waals surface area contributed by atoms with Crippen molar-refractivity contribution in [2.24, 2.45) is 0 Å². The van der Waals surface area contributed by atoms with Gasteiger partial charge >= 0.3 is 0 Å². The Morgan fingerprint density at radius 2 is 2.08 bits per heavy atom. The summed E-state index contributed by atoms with van der Waals surface area (Å²) in [6.07, 6.45) is 0.981. The highest BCUT2D eigenvalue weighted by Crippen LogP contribution is 2.13. The maximum absolute atomic E-state index is 8.72. The average molecular weight is 248 g/mol. The van der Waals surface area contributed by atoms with Crippen LogP contribution in [0.2, 0.25) is 0 Å². The van der Waals surface area contributed by atoms with E-state index in [0.29, 0.717) is 5.88 Å². The van der Waals surface area contributed by atoms with E-state index in [0.717, 1.165) is 4.47 Å². The van der Waals surface area contributed by atoms with E-state index in [-0.39, 0.29) is 13.2 Å². The van der Waals surface area contributed by atoms with E-state index < -0.39 is 6.10 Å². The third kappa shape index (κ3) is 3.30. The second-order valence-electron chi connectivity index (χ2n) is 2.42. The lowest BCUT2D eigenvalue weighted by Gasteiger charge is -2.12. The van der Waals surface area contributed by atoms with Crippen LogP contribution >= 0.6 is 15.9 Å². The van der Waals surface area contributed by atoms with E-state index >= 15 is 0 Å². The van der Waals surface area contributed by atoms with Crippen LogP contribution in [-0.4, -0.2) is 34.5 Å². The fourth-order valence-electron chi connectivity index (χ4n) is 0.735. The van der Waals surface area contributed by atoms with E-state index in [9.17, 15) is 0 Å². The fraction of sp³-hybridized carbons (Fsp3) is 0.375. The van der Waals surface area contributed by atoms with Gasteiger partial charge in [0.05, 0.1) is 13.2 Å². The van der Waals surface area contributed by atoms with Crippen LogP contribution in [0.3, 0.4) is 0 Å². The van der Waals surface area contributed by atoms with Crippen molar-refractivity contribution in [2.45, 2.75) is 6.10 Å². The van der Waals surface area contributed by atoms with Gasteiger partial charge < -0.3 is 14.9 Å². The van der Waals surface area contributed by atoms with Crippen LogP contribution in [0.25, 0.3) is 0 Å². The monoisotopic (exact) mass is 247 g/mol. The SMILES string of the molecule is OCC(CO)Oc1ccc(Br)cn1. The molecule has 0 aliphatic carbocycles. The second-order valence-corrected chi connectivity index (χ2v) is 3.34. The largest absolute Gasteiger partial charge is 0.469 e. The average Bonchev–Trinajstić information content (AvgIpc) is 2.17. The molecule has 0 atom stereocenters. The molecule has 13 heavy (non-hydrogen) atoms. The predicted molar refractivity (Wildman–Crippen MR) is 50.5 cm³/mol. The summed E-state index contributed by atoms with van der Waals surface area (Å²) in [6.45, 7) is -0.456. The lowest BCUT2D eigenvalue weighted by Crippen LogP contribution is -2.25. The van der Waals surface area contributed by atoms with Crippen molar-refractivity contribution in [3.8, 4) is 5.88 Å². The highest BCUT2D eigenvalue weighted by molar-refractivity contribution is 9.10. The van der Waals surface area contributed by atoms with Gasteiger partial charge in [-0.1, -0.05) is 0 Å². The molecule has 0 aliphatic heterocycles. The van der Waals surface area contributed by atoms with E-state index in [1.807, 2.05) is 0 Å². The number of halogens is 1. The lowest BCUT2D eigenvalue weighted by molar-refractivity contribution is 0.0596. The van der Waals surface area contributed by atoms with Crippen LogP contribution in [0.1, 0.15) is 0 Å². The summed E-state index contributed by atoms with van der Waals surface area (Å²) < 4.78 is 5.99. The minimum Gasteiger partial charge on any atom is -0.469 e. The molecule has 0 aromatic carbocycles. The van der Waals surface area contributed by atoms with Crippen LogP contribution in [-0.2, 0) is 0 Å². The number of aliphatic hydroxyl groups is 2. The molecule has 5 heteroatoms. The molecule has 4 nitrogen and oxygen atoms in total. The normalized spacial score (nSPS) is 10.5. The molecule has 0 radical (unpaired) electrons. The van der Waals surface area contributed by atoms with Gasteiger partial charge in [0.2, 0.25) is 5.88 Å². The Morgan fingerprint density at radius 3 is 2.54 bits per heavy atom. The number of aliphatic hydroxyl groups excluding tert-OH is 2. The smallest absolute Gasteiger partial charge is 0.213 e. The number of pyridine rings is 1. The second kappa shape index (κ2) is 5.16. The zero-order valence-electron chi connectivity index (χ0n) is 6.85. The van der Waals surface area contributed by atoms with Gasteiger partial charge in [-0.3, -0.25) is 0 Å². The van der Waals surface area contributed by atoms with Gasteiger partial charge in [0.25, 0.3) is 0 Å². The molecular formula is C8H10BrNO3.